The molecule has 1 aliphatic carbocycles. The number of hydrogen-bond acceptors (Lipinski definition) is 3. The fourth-order valence-corrected chi connectivity index (χ4v) is 3.39. The van der Waals surface area contributed by atoms with Crippen molar-refractivity contribution in [3.8, 4) is 0 Å². The van der Waals surface area contributed by atoms with E-state index in [2.05, 4.69) is 5.10 Å². The molecule has 0 bridgehead atoms. The van der Waals surface area contributed by atoms with E-state index in [0.717, 1.165) is 43.4 Å². The zero-order valence-corrected chi connectivity index (χ0v) is 14.9. The minimum Gasteiger partial charge on any atom is -0.391 e. The lowest BCUT2D eigenvalue weighted by Crippen LogP contribution is -2.42. The van der Waals surface area contributed by atoms with Gasteiger partial charge in [0, 0.05) is 0 Å². The normalized spacial score (nSPS) is 20.7. The van der Waals surface area contributed by atoms with Crippen molar-refractivity contribution >= 4 is 6.21 Å². The van der Waals surface area contributed by atoms with Gasteiger partial charge in [0.15, 0.2) is 0 Å². The molecule has 1 fully saturated rings. The van der Waals surface area contributed by atoms with E-state index in [0.29, 0.717) is 12.1 Å². The van der Waals surface area contributed by atoms with Crippen molar-refractivity contribution < 1.29 is 18.3 Å². The fraction of sp³-hybridized carbons (Fsp3) is 0.381. The van der Waals surface area contributed by atoms with Gasteiger partial charge < -0.3 is 5.11 Å². The zero-order chi connectivity index (χ0) is 19.3. The number of rotatable bonds is 5. The van der Waals surface area contributed by atoms with E-state index < -0.39 is 17.8 Å². The van der Waals surface area contributed by atoms with Crippen LogP contribution in [0.1, 0.15) is 42.4 Å². The lowest BCUT2D eigenvalue weighted by molar-refractivity contribution is -0.137. The van der Waals surface area contributed by atoms with Crippen LogP contribution < -0.4 is 0 Å². The Morgan fingerprint density at radius 1 is 1.04 bits per heavy atom. The molecule has 0 spiro atoms. The van der Waals surface area contributed by atoms with E-state index in [1.807, 2.05) is 30.3 Å². The van der Waals surface area contributed by atoms with Crippen LogP contribution in [0.15, 0.2) is 59.7 Å². The van der Waals surface area contributed by atoms with Crippen molar-refractivity contribution in [1.29, 1.82) is 0 Å². The molecule has 144 valence electrons. The molecular weight excluding hydrogens is 353 g/mol. The summed E-state index contributed by atoms with van der Waals surface area (Å²) in [5, 5.41) is 16.7. The standard InChI is InChI=1S/C21H23F3N2O/c22-21(23,24)18-10-6-9-17(13-18)14-25-26(15-16-7-2-1-3-8-16)19-11-4-5-12-20(19)27/h1-3,6-10,13-14,19-20,27H,4-5,11-12,15H2/b25-14+/t19-,20-/m1/s1. The van der Waals surface area contributed by atoms with Gasteiger partial charge in [-0.25, -0.2) is 0 Å². The van der Waals surface area contributed by atoms with Crippen molar-refractivity contribution in [2.24, 2.45) is 5.10 Å². The summed E-state index contributed by atoms with van der Waals surface area (Å²) in [5.41, 5.74) is 0.725. The number of aliphatic hydroxyl groups excluding tert-OH is 1. The van der Waals surface area contributed by atoms with Gasteiger partial charge in [0.05, 0.1) is 30.5 Å². The van der Waals surface area contributed by atoms with E-state index >= 15 is 0 Å². The number of nitrogens with zero attached hydrogens (tertiary/aromatic N) is 2. The molecule has 27 heavy (non-hydrogen) atoms. The third kappa shape index (κ3) is 5.32. The maximum absolute atomic E-state index is 12.9. The topological polar surface area (TPSA) is 35.8 Å². The molecule has 2 atom stereocenters. The number of aliphatic hydroxyl groups is 1. The lowest BCUT2D eigenvalue weighted by atomic mass is 9.92. The first kappa shape index (κ1) is 19.4. The molecular formula is C21H23F3N2O. The van der Waals surface area contributed by atoms with Crippen molar-refractivity contribution in [2.75, 3.05) is 0 Å². The first-order valence-corrected chi connectivity index (χ1v) is 9.13. The van der Waals surface area contributed by atoms with Crippen molar-refractivity contribution in [3.63, 3.8) is 0 Å². The first-order valence-electron chi connectivity index (χ1n) is 9.13. The quantitative estimate of drug-likeness (QED) is 0.598. The molecule has 0 aromatic heterocycles. The van der Waals surface area contributed by atoms with Gasteiger partial charge in [-0.05, 0) is 36.1 Å². The molecule has 0 unspecified atom stereocenters. The molecule has 3 rings (SSSR count). The van der Waals surface area contributed by atoms with Crippen LogP contribution in [-0.2, 0) is 12.7 Å². The second kappa shape index (κ2) is 8.57. The predicted molar refractivity (Wildman–Crippen MR) is 99.3 cm³/mol. The highest BCUT2D eigenvalue weighted by Crippen LogP contribution is 2.29. The first-order chi connectivity index (χ1) is 12.9. The molecule has 6 heteroatoms. The molecule has 2 aromatic carbocycles. The van der Waals surface area contributed by atoms with Gasteiger partial charge >= 0.3 is 6.18 Å². The summed E-state index contributed by atoms with van der Waals surface area (Å²) in [4.78, 5) is 0. The summed E-state index contributed by atoms with van der Waals surface area (Å²) >= 11 is 0. The number of halogens is 3. The maximum atomic E-state index is 12.9. The molecule has 1 N–H and O–H groups in total. The highest BCUT2D eigenvalue weighted by Gasteiger charge is 2.30. The third-order valence-corrected chi connectivity index (χ3v) is 4.83. The Morgan fingerprint density at radius 2 is 1.78 bits per heavy atom. The van der Waals surface area contributed by atoms with E-state index in [1.165, 1.54) is 12.3 Å². The van der Waals surface area contributed by atoms with E-state index in [4.69, 9.17) is 0 Å². The van der Waals surface area contributed by atoms with Gasteiger partial charge in [-0.2, -0.15) is 18.3 Å². The largest absolute Gasteiger partial charge is 0.416 e. The van der Waals surface area contributed by atoms with Crippen LogP contribution >= 0.6 is 0 Å². The highest BCUT2D eigenvalue weighted by molar-refractivity contribution is 5.79. The maximum Gasteiger partial charge on any atom is 0.416 e. The Balaban J connectivity index is 1.83. The number of benzene rings is 2. The van der Waals surface area contributed by atoms with Crippen LogP contribution in [0, 0.1) is 0 Å². The van der Waals surface area contributed by atoms with Crippen LogP contribution in [0.4, 0.5) is 13.2 Å². The second-order valence-electron chi connectivity index (χ2n) is 6.87. The van der Waals surface area contributed by atoms with Crippen molar-refractivity contribution in [1.82, 2.24) is 5.01 Å². The molecule has 0 heterocycles. The van der Waals surface area contributed by atoms with Gasteiger partial charge in [-0.1, -0.05) is 55.3 Å². The SMILES string of the molecule is O[C@@H]1CCCC[C@H]1N(Cc1ccccc1)/N=C/c1cccc(C(F)(F)F)c1. The average Bonchev–Trinajstić information content (AvgIpc) is 2.66. The lowest BCUT2D eigenvalue weighted by Gasteiger charge is -2.35. The van der Waals surface area contributed by atoms with E-state index in [-0.39, 0.29) is 6.04 Å². The molecule has 2 aromatic rings. The Hall–Kier alpha value is -2.34. The summed E-state index contributed by atoms with van der Waals surface area (Å²) < 4.78 is 38.7. The predicted octanol–water partition coefficient (Wildman–Crippen LogP) is 4.85. The molecule has 0 radical (unpaired) electrons. The van der Waals surface area contributed by atoms with Crippen molar-refractivity contribution in [3.05, 3.63) is 71.3 Å². The van der Waals surface area contributed by atoms with Gasteiger partial charge in [0.25, 0.3) is 0 Å². The fourth-order valence-electron chi connectivity index (χ4n) is 3.39. The van der Waals surface area contributed by atoms with Gasteiger partial charge in [0.2, 0.25) is 0 Å². The average molecular weight is 376 g/mol. The van der Waals surface area contributed by atoms with Crippen LogP contribution in [0.5, 0.6) is 0 Å². The summed E-state index contributed by atoms with van der Waals surface area (Å²) in [6, 6.07) is 14.7. The Morgan fingerprint density at radius 3 is 2.48 bits per heavy atom. The van der Waals surface area contributed by atoms with Gasteiger partial charge in [0.1, 0.15) is 0 Å². The molecule has 1 saturated carbocycles. The van der Waals surface area contributed by atoms with Crippen molar-refractivity contribution in [2.45, 2.75) is 50.6 Å². The molecule has 3 nitrogen and oxygen atoms in total. The smallest absolute Gasteiger partial charge is 0.391 e. The minimum atomic E-state index is -4.38. The Kier molecular flexibility index (Phi) is 6.16. The van der Waals surface area contributed by atoms with Crippen LogP contribution in [-0.4, -0.2) is 28.5 Å². The third-order valence-electron chi connectivity index (χ3n) is 4.83. The Labute approximate surface area is 157 Å². The van der Waals surface area contributed by atoms with Crippen LogP contribution in [0.2, 0.25) is 0 Å². The molecule has 1 aliphatic rings. The molecule has 0 aliphatic heterocycles. The summed E-state index contributed by atoms with van der Waals surface area (Å²) in [6.45, 7) is 0.498. The number of hydrazone groups is 1. The second-order valence-corrected chi connectivity index (χ2v) is 6.87. The van der Waals surface area contributed by atoms with Gasteiger partial charge in [-0.3, -0.25) is 5.01 Å². The van der Waals surface area contributed by atoms with Crippen LogP contribution in [0.3, 0.4) is 0 Å². The molecule has 0 saturated heterocycles. The monoisotopic (exact) mass is 376 g/mol. The number of hydrogen-bond donors (Lipinski definition) is 1. The Bertz CT molecular complexity index is 762. The van der Waals surface area contributed by atoms with Gasteiger partial charge in [-0.15, -0.1) is 0 Å². The van der Waals surface area contributed by atoms with E-state index in [1.54, 1.807) is 11.1 Å². The number of alkyl halides is 3. The summed E-state index contributed by atoms with van der Waals surface area (Å²) in [6.07, 6.45) is 0.0942. The van der Waals surface area contributed by atoms with Crippen LogP contribution in [0.25, 0.3) is 0 Å². The summed E-state index contributed by atoms with van der Waals surface area (Å²) in [5.74, 6) is 0. The summed E-state index contributed by atoms with van der Waals surface area (Å²) in [7, 11) is 0. The minimum absolute atomic E-state index is 0.138. The molecule has 0 amide bonds. The van der Waals surface area contributed by atoms with E-state index in [9.17, 15) is 18.3 Å². The zero-order valence-electron chi connectivity index (χ0n) is 14.9. The highest BCUT2D eigenvalue weighted by atomic mass is 19.4.